The van der Waals surface area contributed by atoms with Gasteiger partial charge < -0.3 is 24.5 Å². The number of nitrogens with zero attached hydrogens (tertiary/aromatic N) is 3. The van der Waals surface area contributed by atoms with Crippen LogP contribution >= 0.6 is 0 Å². The zero-order chi connectivity index (χ0) is 25.8. The third kappa shape index (κ3) is 5.08. The molecule has 0 amide bonds. The first-order chi connectivity index (χ1) is 18.1. The molecule has 10 nitrogen and oxygen atoms in total. The summed E-state index contributed by atoms with van der Waals surface area (Å²) in [6, 6.07) is 18.8. The molecule has 5 rings (SSSR count). The summed E-state index contributed by atoms with van der Waals surface area (Å²) in [5.74, 6) is 3.36. The summed E-state index contributed by atoms with van der Waals surface area (Å²) < 4.78 is 16.6. The van der Waals surface area contributed by atoms with Crippen molar-refractivity contribution in [2.45, 2.75) is 6.92 Å². The van der Waals surface area contributed by atoms with E-state index < -0.39 is 0 Å². The van der Waals surface area contributed by atoms with Gasteiger partial charge in [0.15, 0.2) is 5.82 Å². The Kier molecular flexibility index (Phi) is 6.71. The molecule has 0 atom stereocenters. The van der Waals surface area contributed by atoms with Gasteiger partial charge in [-0.25, -0.2) is 4.98 Å². The highest BCUT2D eigenvalue weighted by Gasteiger charge is 2.14. The van der Waals surface area contributed by atoms with Gasteiger partial charge in [0.05, 0.1) is 26.3 Å². The molecule has 0 saturated carbocycles. The van der Waals surface area contributed by atoms with Crippen LogP contribution in [0.5, 0.6) is 17.2 Å². The lowest BCUT2D eigenvalue weighted by Gasteiger charge is -2.12. The van der Waals surface area contributed by atoms with E-state index in [0.717, 1.165) is 22.4 Å². The van der Waals surface area contributed by atoms with Crippen molar-refractivity contribution in [2.24, 2.45) is 0 Å². The fourth-order valence-corrected chi connectivity index (χ4v) is 3.98. The number of aromatic amines is 2. The largest absolute Gasteiger partial charge is 0.497 e. The van der Waals surface area contributed by atoms with Gasteiger partial charge in [-0.05, 0) is 30.7 Å². The van der Waals surface area contributed by atoms with Crippen molar-refractivity contribution in [3.63, 3.8) is 0 Å². The van der Waals surface area contributed by atoms with Gasteiger partial charge in [0.2, 0.25) is 5.95 Å². The summed E-state index contributed by atoms with van der Waals surface area (Å²) in [5.41, 5.74) is 2.84. The highest BCUT2D eigenvalue weighted by Crippen LogP contribution is 2.30. The van der Waals surface area contributed by atoms with Crippen LogP contribution in [0.15, 0.2) is 65.5 Å². The van der Waals surface area contributed by atoms with E-state index in [2.05, 4.69) is 30.5 Å². The Bertz CT molecular complexity index is 1600. The lowest BCUT2D eigenvalue weighted by Crippen LogP contribution is -2.13. The number of ether oxygens (including phenoxy) is 3. The molecule has 0 fully saturated rings. The summed E-state index contributed by atoms with van der Waals surface area (Å²) in [7, 11) is 3.06. The number of nitrogens with one attached hydrogen (secondary N) is 3. The Balaban J connectivity index is 1.26. The predicted octanol–water partition coefficient (Wildman–Crippen LogP) is 4.19. The highest BCUT2D eigenvalue weighted by atomic mass is 16.5. The number of aromatic nitrogens is 5. The molecule has 188 valence electrons. The van der Waals surface area contributed by atoms with Gasteiger partial charge in [0.1, 0.15) is 35.1 Å². The van der Waals surface area contributed by atoms with Gasteiger partial charge in [-0.2, -0.15) is 4.98 Å². The van der Waals surface area contributed by atoms with Crippen molar-refractivity contribution < 1.29 is 14.2 Å². The maximum Gasteiger partial charge on any atom is 0.262 e. The summed E-state index contributed by atoms with van der Waals surface area (Å²) >= 11 is 0. The van der Waals surface area contributed by atoms with E-state index in [9.17, 15) is 4.79 Å². The Morgan fingerprint density at radius 2 is 1.73 bits per heavy atom. The van der Waals surface area contributed by atoms with E-state index >= 15 is 0 Å². The van der Waals surface area contributed by atoms with Crippen LogP contribution in [0.4, 0.5) is 5.95 Å². The first kappa shape index (κ1) is 23.9. The molecule has 0 radical (unpaired) electrons. The maximum atomic E-state index is 12.8. The van der Waals surface area contributed by atoms with E-state index in [-0.39, 0.29) is 5.56 Å². The topological polar surface area (TPSA) is 127 Å². The molecule has 5 aromatic rings. The molecule has 3 N–H and O–H groups in total. The lowest BCUT2D eigenvalue weighted by molar-refractivity contribution is 0.330. The van der Waals surface area contributed by atoms with Crippen molar-refractivity contribution in [1.29, 1.82) is 0 Å². The molecule has 2 aromatic heterocycles. The Morgan fingerprint density at radius 1 is 0.892 bits per heavy atom. The quantitative estimate of drug-likeness (QED) is 0.258. The molecule has 0 saturated heterocycles. The second-order valence-corrected chi connectivity index (χ2v) is 8.27. The molecule has 0 spiro atoms. The van der Waals surface area contributed by atoms with E-state index in [1.54, 1.807) is 19.2 Å². The van der Waals surface area contributed by atoms with Crippen LogP contribution in [0, 0.1) is 6.92 Å². The third-order valence-electron chi connectivity index (χ3n) is 5.83. The van der Waals surface area contributed by atoms with E-state index in [4.69, 9.17) is 14.2 Å². The number of H-pyrrole nitrogens is 2. The zero-order valence-electron chi connectivity index (χ0n) is 20.7. The molecule has 0 bridgehead atoms. The number of anilines is 1. The van der Waals surface area contributed by atoms with Crippen molar-refractivity contribution >= 4 is 16.9 Å². The molecule has 3 aromatic carbocycles. The van der Waals surface area contributed by atoms with Gasteiger partial charge in [-0.3, -0.25) is 9.89 Å². The first-order valence-electron chi connectivity index (χ1n) is 11.7. The number of hydrogen-bond acceptors (Lipinski definition) is 8. The van der Waals surface area contributed by atoms with Gasteiger partial charge in [0.25, 0.3) is 5.56 Å². The Morgan fingerprint density at radius 3 is 2.49 bits per heavy atom. The molecular weight excluding hydrogens is 472 g/mol. The van der Waals surface area contributed by atoms with Crippen LogP contribution in [0.3, 0.4) is 0 Å². The predicted molar refractivity (Wildman–Crippen MR) is 141 cm³/mol. The van der Waals surface area contributed by atoms with E-state index in [0.29, 0.717) is 53.2 Å². The summed E-state index contributed by atoms with van der Waals surface area (Å²) in [6.45, 7) is 2.88. The molecule has 0 aliphatic carbocycles. The number of aryl methyl sites for hydroxylation is 1. The summed E-state index contributed by atoms with van der Waals surface area (Å²) in [6.07, 6.45) is 0. The van der Waals surface area contributed by atoms with Crippen LogP contribution in [0.25, 0.3) is 33.7 Å². The SMILES string of the molecule is COc1cc(OC)c2c(=O)[nH]c(-c3ccc(OCCNc4n[nH]c(-c5ccccc5)n4)c(C)c3)nc2c1. The normalized spacial score (nSPS) is 10.9. The molecule has 2 heterocycles. The van der Waals surface area contributed by atoms with Gasteiger partial charge in [-0.15, -0.1) is 5.10 Å². The minimum Gasteiger partial charge on any atom is -0.497 e. The standard InChI is InChI=1S/C27H26N6O4/c1-16-13-18(24-29-20-14-19(35-2)15-22(36-3)23(20)26(34)30-24)9-10-21(16)37-12-11-28-27-31-25(32-33-27)17-7-5-4-6-8-17/h4-10,13-15H,11-12H2,1-3H3,(H,29,30,34)(H2,28,31,32,33). The molecule has 0 aliphatic heterocycles. The van der Waals surface area contributed by atoms with Crippen LogP contribution in [-0.4, -0.2) is 52.5 Å². The second kappa shape index (κ2) is 10.4. The van der Waals surface area contributed by atoms with Crippen LogP contribution < -0.4 is 25.1 Å². The van der Waals surface area contributed by atoms with Crippen LogP contribution in [-0.2, 0) is 0 Å². The fraction of sp³-hybridized carbons (Fsp3) is 0.185. The first-order valence-corrected chi connectivity index (χ1v) is 11.7. The van der Waals surface area contributed by atoms with Crippen LogP contribution in [0.1, 0.15) is 5.56 Å². The number of rotatable bonds is 9. The monoisotopic (exact) mass is 498 g/mol. The number of methoxy groups -OCH3 is 2. The molecular formula is C27H26N6O4. The second-order valence-electron chi connectivity index (χ2n) is 8.27. The zero-order valence-corrected chi connectivity index (χ0v) is 20.7. The Hall–Kier alpha value is -4.86. The number of fused-ring (bicyclic) bond motifs is 1. The van der Waals surface area contributed by atoms with Crippen molar-refractivity contribution in [3.05, 3.63) is 76.6 Å². The minimum absolute atomic E-state index is 0.286. The summed E-state index contributed by atoms with van der Waals surface area (Å²) in [5, 5.41) is 10.7. The molecule has 0 unspecified atom stereocenters. The lowest BCUT2D eigenvalue weighted by atomic mass is 10.1. The Labute approximate surface area is 212 Å². The average molecular weight is 499 g/mol. The summed E-state index contributed by atoms with van der Waals surface area (Å²) in [4.78, 5) is 24.8. The van der Waals surface area contributed by atoms with Crippen molar-refractivity contribution in [3.8, 4) is 40.0 Å². The fourth-order valence-electron chi connectivity index (χ4n) is 3.98. The van der Waals surface area contributed by atoms with Crippen molar-refractivity contribution in [2.75, 3.05) is 32.7 Å². The van der Waals surface area contributed by atoms with E-state index in [1.807, 2.05) is 55.5 Å². The number of benzene rings is 3. The minimum atomic E-state index is -0.286. The third-order valence-corrected chi connectivity index (χ3v) is 5.83. The smallest absolute Gasteiger partial charge is 0.262 e. The van der Waals surface area contributed by atoms with Crippen molar-refractivity contribution in [1.82, 2.24) is 25.1 Å². The maximum absolute atomic E-state index is 12.8. The molecule has 37 heavy (non-hydrogen) atoms. The highest BCUT2D eigenvalue weighted by molar-refractivity contribution is 5.87. The average Bonchev–Trinajstić information content (AvgIpc) is 3.40. The van der Waals surface area contributed by atoms with Gasteiger partial charge in [0, 0.05) is 23.3 Å². The molecule has 10 heteroatoms. The van der Waals surface area contributed by atoms with E-state index in [1.165, 1.54) is 7.11 Å². The number of hydrogen-bond donors (Lipinski definition) is 3. The van der Waals surface area contributed by atoms with Gasteiger partial charge in [-0.1, -0.05) is 30.3 Å². The van der Waals surface area contributed by atoms with Crippen LogP contribution in [0.2, 0.25) is 0 Å². The van der Waals surface area contributed by atoms with Gasteiger partial charge >= 0.3 is 0 Å². The molecule has 0 aliphatic rings.